The lowest BCUT2D eigenvalue weighted by Crippen LogP contribution is -2.18. The first-order chi connectivity index (χ1) is 9.19. The minimum atomic E-state index is 0.389. The number of fused-ring (bicyclic) bond motifs is 1. The fraction of sp³-hybridized carbons (Fsp3) is 0.571. The van der Waals surface area contributed by atoms with Gasteiger partial charge in [0.25, 0.3) is 0 Å². The van der Waals surface area contributed by atoms with Gasteiger partial charge in [-0.3, -0.25) is 0 Å². The maximum Gasteiger partial charge on any atom is 0.138 e. The molecule has 0 aliphatic heterocycles. The van der Waals surface area contributed by atoms with E-state index in [1.54, 1.807) is 24.8 Å². The Balaban J connectivity index is 1.89. The summed E-state index contributed by atoms with van der Waals surface area (Å²) in [6.07, 6.45) is 5.38. The second kappa shape index (κ2) is 5.06. The number of nitrogens with one attached hydrogen (secondary N) is 1. The van der Waals surface area contributed by atoms with Crippen LogP contribution in [-0.4, -0.2) is 29.2 Å². The lowest BCUT2D eigenvalue weighted by molar-refractivity contribution is 0.108. The van der Waals surface area contributed by atoms with Crippen LogP contribution in [0.4, 0.5) is 5.82 Å². The highest BCUT2D eigenvalue weighted by atomic mass is 32.1. The average Bonchev–Trinajstić information content (AvgIpc) is 2.96. The highest BCUT2D eigenvalue weighted by molar-refractivity contribution is 7.18. The van der Waals surface area contributed by atoms with Gasteiger partial charge < -0.3 is 10.1 Å². The summed E-state index contributed by atoms with van der Waals surface area (Å²) in [5.41, 5.74) is 1.30. The Morgan fingerprint density at radius 1 is 1.32 bits per heavy atom. The molecule has 2 atom stereocenters. The van der Waals surface area contributed by atoms with Crippen LogP contribution >= 0.6 is 11.3 Å². The van der Waals surface area contributed by atoms with Crippen LogP contribution in [0.5, 0.6) is 0 Å². The number of aromatic nitrogens is 2. The highest BCUT2D eigenvalue weighted by Crippen LogP contribution is 2.34. The van der Waals surface area contributed by atoms with E-state index >= 15 is 0 Å². The number of hydrogen-bond acceptors (Lipinski definition) is 5. The predicted molar refractivity (Wildman–Crippen MR) is 78.9 cm³/mol. The Kier molecular flexibility index (Phi) is 3.41. The molecule has 0 spiro atoms. The third-order valence-electron chi connectivity index (χ3n) is 4.02. The largest absolute Gasteiger partial charge is 0.381 e. The number of rotatable bonds is 3. The average molecular weight is 277 g/mol. The first-order valence-corrected chi connectivity index (χ1v) is 7.50. The predicted octanol–water partition coefficient (Wildman–Crippen LogP) is 3.29. The molecule has 0 amide bonds. The van der Waals surface area contributed by atoms with Gasteiger partial charge in [-0.25, -0.2) is 9.97 Å². The zero-order valence-corrected chi connectivity index (χ0v) is 12.4. The van der Waals surface area contributed by atoms with E-state index in [4.69, 9.17) is 4.74 Å². The Bertz CT molecular complexity index is 596. The standard InChI is InChI=1S/C14H19N3OS/c1-8-9(2)19-14-12(8)13(15-7-16-14)17-10-4-5-11(6-10)18-3/h7,10-11H,4-6H2,1-3H3,(H,15,16,17). The highest BCUT2D eigenvalue weighted by Gasteiger charge is 2.25. The summed E-state index contributed by atoms with van der Waals surface area (Å²) in [7, 11) is 1.79. The van der Waals surface area contributed by atoms with Gasteiger partial charge in [0.2, 0.25) is 0 Å². The van der Waals surface area contributed by atoms with E-state index in [1.165, 1.54) is 15.8 Å². The molecule has 4 nitrogen and oxygen atoms in total. The monoisotopic (exact) mass is 277 g/mol. The van der Waals surface area contributed by atoms with Gasteiger partial charge in [-0.05, 0) is 38.7 Å². The van der Waals surface area contributed by atoms with E-state index in [-0.39, 0.29) is 0 Å². The Morgan fingerprint density at radius 3 is 2.89 bits per heavy atom. The molecule has 1 aliphatic carbocycles. The summed E-state index contributed by atoms with van der Waals surface area (Å²) >= 11 is 1.74. The van der Waals surface area contributed by atoms with Crippen molar-refractivity contribution in [3.63, 3.8) is 0 Å². The van der Waals surface area contributed by atoms with Gasteiger partial charge in [0, 0.05) is 18.0 Å². The zero-order valence-electron chi connectivity index (χ0n) is 11.6. The van der Waals surface area contributed by atoms with Crippen LogP contribution in [0, 0.1) is 13.8 Å². The molecule has 0 bridgehead atoms. The third-order valence-corrected chi connectivity index (χ3v) is 5.14. The van der Waals surface area contributed by atoms with E-state index in [0.29, 0.717) is 12.1 Å². The SMILES string of the molecule is COC1CCC(Nc2ncnc3sc(C)c(C)c23)C1. The first kappa shape index (κ1) is 12.8. The molecule has 1 saturated carbocycles. The zero-order chi connectivity index (χ0) is 13.4. The van der Waals surface area contributed by atoms with Crippen LogP contribution in [0.25, 0.3) is 10.2 Å². The van der Waals surface area contributed by atoms with E-state index < -0.39 is 0 Å². The maximum absolute atomic E-state index is 5.42. The summed E-state index contributed by atoms with van der Waals surface area (Å²) in [4.78, 5) is 11.2. The van der Waals surface area contributed by atoms with Crippen molar-refractivity contribution < 1.29 is 4.74 Å². The normalized spacial score (nSPS) is 23.1. The van der Waals surface area contributed by atoms with Crippen molar-refractivity contribution in [2.75, 3.05) is 12.4 Å². The summed E-state index contributed by atoms with van der Waals surface area (Å²) in [6, 6.07) is 0.461. The van der Waals surface area contributed by atoms with E-state index in [9.17, 15) is 0 Å². The molecule has 1 aliphatic rings. The number of ether oxygens (including phenoxy) is 1. The second-order valence-electron chi connectivity index (χ2n) is 5.20. The van der Waals surface area contributed by atoms with Crippen LogP contribution in [0.3, 0.4) is 0 Å². The number of aryl methyl sites for hydroxylation is 2. The molecule has 2 aromatic rings. The van der Waals surface area contributed by atoms with Crippen molar-refractivity contribution in [3.8, 4) is 0 Å². The van der Waals surface area contributed by atoms with Crippen LogP contribution in [0.15, 0.2) is 6.33 Å². The van der Waals surface area contributed by atoms with Gasteiger partial charge in [0.15, 0.2) is 0 Å². The minimum Gasteiger partial charge on any atom is -0.381 e. The van der Waals surface area contributed by atoms with Crippen LogP contribution in [0.2, 0.25) is 0 Å². The van der Waals surface area contributed by atoms with E-state index in [0.717, 1.165) is 29.9 Å². The van der Waals surface area contributed by atoms with Crippen LogP contribution < -0.4 is 5.32 Å². The Labute approximate surface area is 117 Å². The fourth-order valence-electron chi connectivity index (χ4n) is 2.77. The molecule has 3 rings (SSSR count). The first-order valence-electron chi connectivity index (χ1n) is 6.69. The van der Waals surface area contributed by atoms with Crippen molar-refractivity contribution in [1.29, 1.82) is 0 Å². The molecular weight excluding hydrogens is 258 g/mol. The smallest absolute Gasteiger partial charge is 0.138 e. The molecule has 1 N–H and O–H groups in total. The molecule has 0 aromatic carbocycles. The van der Waals surface area contributed by atoms with Gasteiger partial charge in [-0.1, -0.05) is 0 Å². The molecular formula is C14H19N3OS. The maximum atomic E-state index is 5.42. The van der Waals surface area contributed by atoms with Crippen molar-refractivity contribution in [2.24, 2.45) is 0 Å². The number of methoxy groups -OCH3 is 1. The third kappa shape index (κ3) is 2.32. The van der Waals surface area contributed by atoms with Crippen molar-refractivity contribution in [3.05, 3.63) is 16.8 Å². The number of hydrogen-bond donors (Lipinski definition) is 1. The summed E-state index contributed by atoms with van der Waals surface area (Å²) < 4.78 is 5.42. The van der Waals surface area contributed by atoms with E-state index in [1.807, 2.05) is 0 Å². The molecule has 1 fully saturated rings. The number of nitrogens with zero attached hydrogens (tertiary/aromatic N) is 2. The molecule has 0 radical (unpaired) electrons. The molecule has 2 heterocycles. The van der Waals surface area contributed by atoms with Crippen molar-refractivity contribution in [2.45, 2.75) is 45.3 Å². The molecule has 102 valence electrons. The van der Waals surface area contributed by atoms with Crippen molar-refractivity contribution in [1.82, 2.24) is 9.97 Å². The summed E-state index contributed by atoms with van der Waals surface area (Å²) in [5.74, 6) is 0.980. The minimum absolute atomic E-state index is 0.389. The van der Waals surface area contributed by atoms with Crippen LogP contribution in [0.1, 0.15) is 29.7 Å². The summed E-state index contributed by atoms with van der Waals surface area (Å²) in [6.45, 7) is 4.29. The fourth-order valence-corrected chi connectivity index (χ4v) is 3.77. The molecule has 2 aromatic heterocycles. The number of anilines is 1. The van der Waals surface area contributed by atoms with Gasteiger partial charge in [-0.2, -0.15) is 0 Å². The quantitative estimate of drug-likeness (QED) is 0.935. The van der Waals surface area contributed by atoms with Gasteiger partial charge in [0.05, 0.1) is 11.5 Å². The molecule has 0 saturated heterocycles. The summed E-state index contributed by atoms with van der Waals surface area (Å²) in [5, 5.41) is 4.76. The Hall–Kier alpha value is -1.20. The lowest BCUT2D eigenvalue weighted by atomic mass is 10.2. The molecule has 5 heteroatoms. The van der Waals surface area contributed by atoms with Crippen LogP contribution in [-0.2, 0) is 4.74 Å². The van der Waals surface area contributed by atoms with Gasteiger partial charge in [0.1, 0.15) is 17.0 Å². The molecule has 19 heavy (non-hydrogen) atoms. The second-order valence-corrected chi connectivity index (χ2v) is 6.40. The van der Waals surface area contributed by atoms with Gasteiger partial charge in [-0.15, -0.1) is 11.3 Å². The van der Waals surface area contributed by atoms with E-state index in [2.05, 4.69) is 29.1 Å². The molecule has 2 unspecified atom stereocenters. The Morgan fingerprint density at radius 2 is 2.16 bits per heavy atom. The number of thiophene rings is 1. The lowest BCUT2D eigenvalue weighted by Gasteiger charge is -2.14. The van der Waals surface area contributed by atoms with Gasteiger partial charge >= 0.3 is 0 Å². The van der Waals surface area contributed by atoms with Crippen molar-refractivity contribution >= 4 is 27.4 Å². The topological polar surface area (TPSA) is 47.0 Å².